The number of methoxy groups -OCH3 is 4. The molecule has 0 heterocycles. The minimum absolute atomic E-state index is 0.0597. The van der Waals surface area contributed by atoms with E-state index in [1.807, 2.05) is 0 Å². The Balaban J connectivity index is 2.66. The van der Waals surface area contributed by atoms with Crippen LogP contribution in [0.2, 0.25) is 0 Å². The number of nitrogens with zero attached hydrogens (tertiary/aromatic N) is 1. The molecule has 0 bridgehead atoms. The van der Waals surface area contributed by atoms with E-state index in [2.05, 4.69) is 6.07 Å². The summed E-state index contributed by atoms with van der Waals surface area (Å²) in [5.74, 6) is 1.54. The van der Waals surface area contributed by atoms with Gasteiger partial charge in [-0.25, -0.2) is 0 Å². The maximum Gasteiger partial charge on any atom is 0.172 e. The molecule has 0 saturated carbocycles. The summed E-state index contributed by atoms with van der Waals surface area (Å²) in [5, 5.41) is 22.6. The third-order valence-electron chi connectivity index (χ3n) is 4.22. The van der Waals surface area contributed by atoms with E-state index in [9.17, 15) is 10.4 Å². The van der Waals surface area contributed by atoms with Crippen molar-refractivity contribution in [2.75, 3.05) is 28.4 Å². The first-order chi connectivity index (χ1) is 12.1. The third kappa shape index (κ3) is 2.24. The van der Waals surface area contributed by atoms with Crippen molar-refractivity contribution in [3.63, 3.8) is 0 Å². The van der Waals surface area contributed by atoms with E-state index < -0.39 is 0 Å². The fraction of sp³-hybridized carbons (Fsp3) is 0.211. The highest BCUT2D eigenvalue weighted by Gasteiger charge is 2.23. The molecule has 3 aromatic carbocycles. The van der Waals surface area contributed by atoms with Crippen LogP contribution in [-0.2, 0) is 0 Å². The first kappa shape index (κ1) is 16.5. The standard InChI is InChI=1S/C19H17NO5/c1-22-13-7-5-10-12(9-20)11-6-8-14(23-2)19(25-4)16(11)17(21)15(10)18(13)24-3/h5-8,21H,1-4H3. The number of hydrogen-bond donors (Lipinski definition) is 1. The highest BCUT2D eigenvalue weighted by molar-refractivity contribution is 6.15. The molecule has 0 saturated heterocycles. The van der Waals surface area contributed by atoms with Gasteiger partial charge in [-0.15, -0.1) is 0 Å². The van der Waals surface area contributed by atoms with Crippen LogP contribution in [0.25, 0.3) is 21.5 Å². The molecule has 3 rings (SSSR count). The number of ether oxygens (including phenoxy) is 4. The summed E-state index contributed by atoms with van der Waals surface area (Å²) in [5.41, 5.74) is 0.407. The van der Waals surface area contributed by atoms with Gasteiger partial charge in [-0.2, -0.15) is 5.26 Å². The number of hydrogen-bond acceptors (Lipinski definition) is 6. The molecule has 6 nitrogen and oxygen atoms in total. The molecular weight excluding hydrogens is 322 g/mol. The summed E-state index contributed by atoms with van der Waals surface area (Å²) in [7, 11) is 5.98. The van der Waals surface area contributed by atoms with Crippen LogP contribution in [0.5, 0.6) is 28.7 Å². The van der Waals surface area contributed by atoms with Gasteiger partial charge in [0.05, 0.1) is 44.8 Å². The van der Waals surface area contributed by atoms with Gasteiger partial charge in [-0.3, -0.25) is 0 Å². The average Bonchev–Trinajstić information content (AvgIpc) is 2.66. The Labute approximate surface area is 144 Å². The van der Waals surface area contributed by atoms with Gasteiger partial charge < -0.3 is 24.1 Å². The molecule has 0 atom stereocenters. The predicted octanol–water partition coefficient (Wildman–Crippen LogP) is 3.60. The molecule has 0 spiro atoms. The first-order valence-corrected chi connectivity index (χ1v) is 7.47. The molecule has 25 heavy (non-hydrogen) atoms. The van der Waals surface area contributed by atoms with E-state index in [1.54, 1.807) is 24.3 Å². The highest BCUT2D eigenvalue weighted by atomic mass is 16.5. The zero-order valence-corrected chi connectivity index (χ0v) is 14.3. The Morgan fingerprint density at radius 2 is 1.20 bits per heavy atom. The molecule has 0 aliphatic carbocycles. The summed E-state index contributed by atoms with van der Waals surface area (Å²) in [6.07, 6.45) is 0. The van der Waals surface area contributed by atoms with Crippen LogP contribution in [0, 0.1) is 11.3 Å². The van der Waals surface area contributed by atoms with Crippen LogP contribution < -0.4 is 18.9 Å². The van der Waals surface area contributed by atoms with E-state index in [0.717, 1.165) is 0 Å². The Morgan fingerprint density at radius 3 is 1.52 bits per heavy atom. The SMILES string of the molecule is COc1ccc2c(C#N)c3ccc(OC)c(OC)c3c(O)c2c1OC. The molecule has 3 aromatic rings. The topological polar surface area (TPSA) is 80.9 Å². The van der Waals surface area contributed by atoms with Crippen LogP contribution in [0.15, 0.2) is 24.3 Å². The zero-order chi connectivity index (χ0) is 18.1. The number of aromatic hydroxyl groups is 1. The van der Waals surface area contributed by atoms with E-state index in [0.29, 0.717) is 50.1 Å². The second-order valence-electron chi connectivity index (χ2n) is 5.28. The van der Waals surface area contributed by atoms with E-state index in [4.69, 9.17) is 18.9 Å². The Bertz CT molecular complexity index is 947. The molecule has 0 aliphatic heterocycles. The summed E-state index contributed by atoms with van der Waals surface area (Å²) >= 11 is 0. The minimum atomic E-state index is -0.0597. The third-order valence-corrected chi connectivity index (χ3v) is 4.22. The van der Waals surface area contributed by atoms with Gasteiger partial charge in [0.25, 0.3) is 0 Å². The van der Waals surface area contributed by atoms with Crippen molar-refractivity contribution < 1.29 is 24.1 Å². The number of rotatable bonds is 4. The van der Waals surface area contributed by atoms with Crippen molar-refractivity contribution in [3.8, 4) is 34.8 Å². The number of benzene rings is 3. The molecule has 0 amide bonds. The predicted molar refractivity (Wildman–Crippen MR) is 94.0 cm³/mol. The maximum absolute atomic E-state index is 11.0. The van der Waals surface area contributed by atoms with E-state index in [1.165, 1.54) is 28.4 Å². The Hall–Kier alpha value is -3.33. The summed E-state index contributed by atoms with van der Waals surface area (Å²) in [6.45, 7) is 0. The number of fused-ring (bicyclic) bond motifs is 2. The fourth-order valence-electron chi connectivity index (χ4n) is 3.13. The van der Waals surface area contributed by atoms with E-state index in [-0.39, 0.29) is 5.75 Å². The molecule has 1 N–H and O–H groups in total. The van der Waals surface area contributed by atoms with Crippen molar-refractivity contribution in [2.45, 2.75) is 0 Å². The quantitative estimate of drug-likeness (QED) is 0.732. The van der Waals surface area contributed by atoms with Crippen LogP contribution in [0.3, 0.4) is 0 Å². The minimum Gasteiger partial charge on any atom is -0.506 e. The van der Waals surface area contributed by atoms with E-state index >= 15 is 0 Å². The molecule has 0 aromatic heterocycles. The first-order valence-electron chi connectivity index (χ1n) is 7.47. The van der Waals surface area contributed by atoms with Gasteiger partial charge in [0.1, 0.15) is 11.8 Å². The Kier molecular flexibility index (Phi) is 4.15. The fourth-order valence-corrected chi connectivity index (χ4v) is 3.13. The monoisotopic (exact) mass is 339 g/mol. The van der Waals surface area contributed by atoms with Gasteiger partial charge >= 0.3 is 0 Å². The molecule has 0 unspecified atom stereocenters. The average molecular weight is 339 g/mol. The second-order valence-corrected chi connectivity index (χ2v) is 5.28. The van der Waals surface area contributed by atoms with Gasteiger partial charge in [-0.05, 0) is 24.3 Å². The van der Waals surface area contributed by atoms with Crippen molar-refractivity contribution in [2.24, 2.45) is 0 Å². The molecule has 128 valence electrons. The number of nitriles is 1. The maximum atomic E-state index is 11.0. The van der Waals surface area contributed by atoms with Crippen LogP contribution in [0.1, 0.15) is 5.56 Å². The molecule has 0 fully saturated rings. The van der Waals surface area contributed by atoms with Crippen molar-refractivity contribution in [3.05, 3.63) is 29.8 Å². The van der Waals surface area contributed by atoms with Crippen molar-refractivity contribution >= 4 is 21.5 Å². The lowest BCUT2D eigenvalue weighted by Crippen LogP contribution is -1.97. The molecule has 0 radical (unpaired) electrons. The normalized spacial score (nSPS) is 10.5. The number of phenolic OH excluding ortho intramolecular Hbond substituents is 1. The summed E-state index contributed by atoms with van der Waals surface area (Å²) in [6, 6.07) is 9.07. The molecular formula is C19H17NO5. The number of phenols is 1. The van der Waals surface area contributed by atoms with Crippen LogP contribution >= 0.6 is 0 Å². The van der Waals surface area contributed by atoms with Crippen LogP contribution in [0.4, 0.5) is 0 Å². The lowest BCUT2D eigenvalue weighted by Gasteiger charge is -2.17. The summed E-state index contributed by atoms with van der Waals surface area (Å²) in [4.78, 5) is 0. The molecule has 0 aliphatic rings. The summed E-state index contributed by atoms with van der Waals surface area (Å²) < 4.78 is 21.5. The van der Waals surface area contributed by atoms with Gasteiger partial charge in [-0.1, -0.05) is 0 Å². The van der Waals surface area contributed by atoms with Gasteiger partial charge in [0.2, 0.25) is 0 Å². The smallest absolute Gasteiger partial charge is 0.172 e. The Morgan fingerprint density at radius 1 is 0.760 bits per heavy atom. The molecule has 6 heteroatoms. The zero-order valence-electron chi connectivity index (χ0n) is 14.3. The van der Waals surface area contributed by atoms with Crippen molar-refractivity contribution in [1.82, 2.24) is 0 Å². The van der Waals surface area contributed by atoms with Gasteiger partial charge in [0.15, 0.2) is 23.0 Å². The van der Waals surface area contributed by atoms with Crippen molar-refractivity contribution in [1.29, 1.82) is 5.26 Å². The van der Waals surface area contributed by atoms with Crippen LogP contribution in [-0.4, -0.2) is 33.5 Å². The largest absolute Gasteiger partial charge is 0.506 e. The second kappa shape index (κ2) is 6.29. The highest BCUT2D eigenvalue weighted by Crippen LogP contribution is 2.50. The lowest BCUT2D eigenvalue weighted by atomic mass is 9.94. The van der Waals surface area contributed by atoms with Gasteiger partial charge in [0, 0.05) is 10.8 Å². The lowest BCUT2D eigenvalue weighted by molar-refractivity contribution is 0.355.